The first-order chi connectivity index (χ1) is 9.28. The Balaban J connectivity index is 2.20. The monoisotopic (exact) mass is 275 g/mol. The van der Waals surface area contributed by atoms with Crippen LogP contribution in [0.4, 0.5) is 0 Å². The summed E-state index contributed by atoms with van der Waals surface area (Å²) in [6.45, 7) is 7.65. The maximum absolute atomic E-state index is 11.9. The smallest absolute Gasteiger partial charge is 0.306 e. The molecule has 0 N–H and O–H groups in total. The molecule has 0 aliphatic rings. The fraction of sp³-hybridized carbons (Fsp3) is 0.533. The molecule has 108 valence electrons. The minimum absolute atomic E-state index is 0.0690. The molecule has 5 nitrogen and oxygen atoms in total. The van der Waals surface area contributed by atoms with Crippen LogP contribution in [0.5, 0.6) is 0 Å². The van der Waals surface area contributed by atoms with Crippen molar-refractivity contribution >= 4 is 17.0 Å². The van der Waals surface area contributed by atoms with E-state index in [-0.39, 0.29) is 11.9 Å². The van der Waals surface area contributed by atoms with Crippen molar-refractivity contribution in [3.63, 3.8) is 0 Å². The highest BCUT2D eigenvalue weighted by Gasteiger charge is 2.21. The molecule has 0 radical (unpaired) electrons. The lowest BCUT2D eigenvalue weighted by Gasteiger charge is -2.20. The minimum Gasteiger partial charge on any atom is -0.460 e. The molecule has 0 amide bonds. The van der Waals surface area contributed by atoms with E-state index in [0.29, 0.717) is 6.42 Å². The second-order valence-corrected chi connectivity index (χ2v) is 6.15. The molecule has 1 unspecified atom stereocenters. The maximum atomic E-state index is 11.9. The van der Waals surface area contributed by atoms with E-state index in [9.17, 15) is 4.79 Å². The van der Waals surface area contributed by atoms with Crippen LogP contribution in [0.1, 0.15) is 45.6 Å². The van der Waals surface area contributed by atoms with Crippen LogP contribution in [0, 0.1) is 0 Å². The van der Waals surface area contributed by atoms with E-state index >= 15 is 0 Å². The number of ether oxygens (including phenoxy) is 1. The number of nitrogens with zero attached hydrogens (tertiary/aromatic N) is 3. The van der Waals surface area contributed by atoms with Gasteiger partial charge < -0.3 is 9.30 Å². The van der Waals surface area contributed by atoms with Crippen molar-refractivity contribution in [3.05, 3.63) is 24.3 Å². The third-order valence-electron chi connectivity index (χ3n) is 3.09. The Labute approximate surface area is 119 Å². The van der Waals surface area contributed by atoms with Gasteiger partial charge in [-0.05, 0) is 32.3 Å². The molecular weight excluding hydrogens is 254 g/mol. The zero-order valence-electron chi connectivity index (χ0n) is 12.7. The molecule has 2 heterocycles. The number of rotatable bonds is 3. The number of hydrogen-bond donors (Lipinski definition) is 0. The summed E-state index contributed by atoms with van der Waals surface area (Å²) < 4.78 is 7.33. The molecule has 0 spiro atoms. The van der Waals surface area contributed by atoms with Crippen LogP contribution in [-0.4, -0.2) is 26.1 Å². The number of hydrogen-bond acceptors (Lipinski definition) is 4. The maximum Gasteiger partial charge on any atom is 0.306 e. The zero-order valence-corrected chi connectivity index (χ0v) is 12.7. The lowest BCUT2D eigenvalue weighted by molar-refractivity contribution is -0.155. The Morgan fingerprint density at radius 2 is 2.15 bits per heavy atom. The van der Waals surface area contributed by atoms with E-state index in [1.165, 1.54) is 6.33 Å². The van der Waals surface area contributed by atoms with Gasteiger partial charge in [0.25, 0.3) is 0 Å². The van der Waals surface area contributed by atoms with Crippen molar-refractivity contribution in [2.45, 2.75) is 45.6 Å². The Hall–Kier alpha value is -1.91. The predicted octanol–water partition coefficient (Wildman–Crippen LogP) is 2.80. The normalized spacial score (nSPS) is 13.4. The Morgan fingerprint density at radius 1 is 1.45 bits per heavy atom. The summed E-state index contributed by atoms with van der Waals surface area (Å²) in [4.78, 5) is 20.3. The minimum atomic E-state index is -0.446. The van der Waals surface area contributed by atoms with Crippen molar-refractivity contribution in [3.8, 4) is 0 Å². The molecule has 2 aromatic heterocycles. The van der Waals surface area contributed by atoms with Crippen molar-refractivity contribution in [1.82, 2.24) is 14.5 Å². The SMILES string of the molecule is CC(CC(=O)OC(C)(C)C)c1cn(C)c2ncncc12. The van der Waals surface area contributed by atoms with Gasteiger partial charge in [0.1, 0.15) is 17.6 Å². The highest BCUT2D eigenvalue weighted by Crippen LogP contribution is 2.28. The van der Waals surface area contributed by atoms with Crippen LogP contribution < -0.4 is 0 Å². The number of aromatic nitrogens is 3. The van der Waals surface area contributed by atoms with E-state index < -0.39 is 5.60 Å². The van der Waals surface area contributed by atoms with E-state index in [2.05, 4.69) is 9.97 Å². The van der Waals surface area contributed by atoms with Gasteiger partial charge in [0.05, 0.1) is 6.42 Å². The van der Waals surface area contributed by atoms with E-state index in [4.69, 9.17) is 4.74 Å². The fourth-order valence-electron chi connectivity index (χ4n) is 2.28. The topological polar surface area (TPSA) is 57.0 Å². The molecular formula is C15H21N3O2. The highest BCUT2D eigenvalue weighted by atomic mass is 16.6. The molecule has 0 saturated heterocycles. The summed E-state index contributed by atoms with van der Waals surface area (Å²) in [5, 5.41) is 0.992. The molecule has 0 fully saturated rings. The van der Waals surface area contributed by atoms with Crippen LogP contribution >= 0.6 is 0 Å². The van der Waals surface area contributed by atoms with E-state index in [0.717, 1.165) is 16.6 Å². The van der Waals surface area contributed by atoms with Gasteiger partial charge in [-0.2, -0.15) is 0 Å². The quantitative estimate of drug-likeness (QED) is 0.808. The van der Waals surface area contributed by atoms with Gasteiger partial charge in [-0.25, -0.2) is 9.97 Å². The average molecular weight is 275 g/mol. The van der Waals surface area contributed by atoms with Crippen molar-refractivity contribution in [2.24, 2.45) is 7.05 Å². The average Bonchev–Trinajstić information content (AvgIpc) is 2.65. The summed E-state index contributed by atoms with van der Waals surface area (Å²) >= 11 is 0. The summed E-state index contributed by atoms with van der Waals surface area (Å²) in [5.74, 6) is -0.113. The van der Waals surface area contributed by atoms with Gasteiger partial charge in [0.2, 0.25) is 0 Å². The van der Waals surface area contributed by atoms with Crippen LogP contribution in [0.15, 0.2) is 18.7 Å². The molecule has 0 saturated carbocycles. The van der Waals surface area contributed by atoms with E-state index in [1.807, 2.05) is 45.5 Å². The van der Waals surface area contributed by atoms with Crippen molar-refractivity contribution < 1.29 is 9.53 Å². The van der Waals surface area contributed by atoms with Gasteiger partial charge in [-0.3, -0.25) is 4.79 Å². The molecule has 0 bridgehead atoms. The summed E-state index contributed by atoms with van der Waals surface area (Å²) in [6.07, 6.45) is 5.69. The Bertz CT molecular complexity index is 626. The summed E-state index contributed by atoms with van der Waals surface area (Å²) in [6, 6.07) is 0. The Kier molecular flexibility index (Phi) is 3.79. The molecule has 0 aromatic carbocycles. The first-order valence-corrected chi connectivity index (χ1v) is 6.74. The van der Waals surface area contributed by atoms with E-state index in [1.54, 1.807) is 6.20 Å². The lowest BCUT2D eigenvalue weighted by atomic mass is 9.98. The van der Waals surface area contributed by atoms with Gasteiger partial charge in [-0.1, -0.05) is 6.92 Å². The van der Waals surface area contributed by atoms with Crippen LogP contribution in [0.25, 0.3) is 11.0 Å². The number of esters is 1. The molecule has 20 heavy (non-hydrogen) atoms. The van der Waals surface area contributed by atoms with Crippen LogP contribution in [0.3, 0.4) is 0 Å². The Morgan fingerprint density at radius 3 is 2.80 bits per heavy atom. The number of carbonyl (C=O) groups is 1. The van der Waals surface area contributed by atoms with Gasteiger partial charge in [0, 0.05) is 24.8 Å². The molecule has 0 aliphatic carbocycles. The molecule has 0 aliphatic heterocycles. The number of aryl methyl sites for hydroxylation is 1. The number of fused-ring (bicyclic) bond motifs is 1. The van der Waals surface area contributed by atoms with Crippen molar-refractivity contribution in [2.75, 3.05) is 0 Å². The molecule has 1 atom stereocenters. The first kappa shape index (κ1) is 14.5. The number of carbonyl (C=O) groups excluding carboxylic acids is 1. The van der Waals surface area contributed by atoms with Crippen LogP contribution in [0.2, 0.25) is 0 Å². The first-order valence-electron chi connectivity index (χ1n) is 6.74. The highest BCUT2D eigenvalue weighted by molar-refractivity contribution is 5.81. The third-order valence-corrected chi connectivity index (χ3v) is 3.09. The summed E-state index contributed by atoms with van der Waals surface area (Å²) in [5.41, 5.74) is 1.51. The fourth-order valence-corrected chi connectivity index (χ4v) is 2.28. The standard InChI is InChI=1S/C15H21N3O2/c1-10(6-13(19)20-15(2,3)4)12-8-18(5)14-11(12)7-16-9-17-14/h7-10H,6H2,1-5H3. The molecule has 2 aromatic rings. The second-order valence-electron chi connectivity index (χ2n) is 6.15. The largest absolute Gasteiger partial charge is 0.460 e. The van der Waals surface area contributed by atoms with Gasteiger partial charge in [0.15, 0.2) is 0 Å². The van der Waals surface area contributed by atoms with Gasteiger partial charge >= 0.3 is 5.97 Å². The third kappa shape index (κ3) is 3.15. The zero-order chi connectivity index (χ0) is 14.9. The lowest BCUT2D eigenvalue weighted by Crippen LogP contribution is -2.24. The molecule has 5 heteroatoms. The predicted molar refractivity (Wildman–Crippen MR) is 77.4 cm³/mol. The van der Waals surface area contributed by atoms with Crippen LogP contribution in [-0.2, 0) is 16.6 Å². The summed E-state index contributed by atoms with van der Waals surface area (Å²) in [7, 11) is 1.94. The van der Waals surface area contributed by atoms with Crippen molar-refractivity contribution in [1.29, 1.82) is 0 Å². The second kappa shape index (κ2) is 5.23. The molecule has 2 rings (SSSR count). The van der Waals surface area contributed by atoms with Gasteiger partial charge in [-0.15, -0.1) is 0 Å².